The lowest BCUT2D eigenvalue weighted by molar-refractivity contribution is -0.141. The molecule has 0 spiro atoms. The van der Waals surface area contributed by atoms with E-state index in [4.69, 9.17) is 16.3 Å². The molecule has 1 unspecified atom stereocenters. The summed E-state index contributed by atoms with van der Waals surface area (Å²) >= 11 is 7.53. The highest BCUT2D eigenvalue weighted by atomic mass is 35.5. The van der Waals surface area contributed by atoms with Crippen molar-refractivity contribution in [3.8, 4) is 0 Å². The maximum absolute atomic E-state index is 13.8. The van der Waals surface area contributed by atoms with Crippen LogP contribution in [0.5, 0.6) is 0 Å². The largest absolute Gasteiger partial charge is 0.469 e. The third-order valence-corrected chi connectivity index (χ3v) is 4.41. The number of carbonyl (C=O) groups excluding carboxylic acids is 1. The van der Waals surface area contributed by atoms with E-state index in [0.717, 1.165) is 4.88 Å². The van der Waals surface area contributed by atoms with Crippen molar-refractivity contribution < 1.29 is 13.9 Å². The Morgan fingerprint density at radius 3 is 2.86 bits per heavy atom. The summed E-state index contributed by atoms with van der Waals surface area (Å²) in [7, 11) is 1.35. The van der Waals surface area contributed by atoms with Crippen molar-refractivity contribution >= 4 is 28.9 Å². The van der Waals surface area contributed by atoms with E-state index in [1.807, 2.05) is 17.5 Å². The van der Waals surface area contributed by atoms with Crippen LogP contribution in [0.2, 0.25) is 5.02 Å². The predicted molar refractivity (Wildman–Crippen MR) is 81.9 cm³/mol. The summed E-state index contributed by atoms with van der Waals surface area (Å²) in [5.41, 5.74) is 0.394. The quantitative estimate of drug-likeness (QED) is 0.817. The average molecular weight is 328 g/mol. The summed E-state index contributed by atoms with van der Waals surface area (Å²) in [6, 6.07) is 8.17. The third-order valence-electron chi connectivity index (χ3n) is 3.07. The molecule has 0 radical (unpaired) electrons. The Hall–Kier alpha value is -1.43. The average Bonchev–Trinajstić information content (AvgIpc) is 2.99. The number of nitrogens with one attached hydrogen (secondary N) is 1. The summed E-state index contributed by atoms with van der Waals surface area (Å²) in [5, 5.41) is 5.46. The zero-order valence-electron chi connectivity index (χ0n) is 11.4. The first-order valence-corrected chi connectivity index (χ1v) is 7.64. The molecule has 2 rings (SSSR count). The van der Waals surface area contributed by atoms with Gasteiger partial charge in [-0.25, -0.2) is 4.39 Å². The van der Waals surface area contributed by atoms with Crippen LogP contribution < -0.4 is 5.32 Å². The van der Waals surface area contributed by atoms with Crippen molar-refractivity contribution in [1.82, 2.24) is 5.32 Å². The van der Waals surface area contributed by atoms with Gasteiger partial charge in [-0.3, -0.25) is 4.79 Å². The molecule has 6 heteroatoms. The highest BCUT2D eigenvalue weighted by Gasteiger charge is 2.18. The number of rotatable bonds is 6. The molecule has 3 nitrogen and oxygen atoms in total. The van der Waals surface area contributed by atoms with E-state index in [0.29, 0.717) is 10.6 Å². The van der Waals surface area contributed by atoms with Gasteiger partial charge in [0.15, 0.2) is 0 Å². The number of hydrogen-bond donors (Lipinski definition) is 1. The van der Waals surface area contributed by atoms with Gasteiger partial charge in [0.05, 0.1) is 19.6 Å². The number of esters is 1. The molecule has 0 amide bonds. The van der Waals surface area contributed by atoms with E-state index < -0.39 is 0 Å². The van der Waals surface area contributed by atoms with E-state index in [-0.39, 0.29) is 30.8 Å². The van der Waals surface area contributed by atoms with Crippen LogP contribution in [-0.2, 0) is 16.1 Å². The van der Waals surface area contributed by atoms with Gasteiger partial charge in [0.2, 0.25) is 0 Å². The Bertz CT molecular complexity index is 583. The maximum atomic E-state index is 13.8. The highest BCUT2D eigenvalue weighted by molar-refractivity contribution is 7.10. The fraction of sp³-hybridized carbons (Fsp3) is 0.267. The number of carbonyl (C=O) groups is 1. The Morgan fingerprint density at radius 2 is 2.24 bits per heavy atom. The molecule has 0 saturated heterocycles. The standard InChI is InChI=1S/C15H15ClFNO2S/c1-20-15(19)8-13(14-6-3-7-21-14)18-9-10-11(16)4-2-5-12(10)17/h2-7,13,18H,8-9H2,1H3. The number of hydrogen-bond acceptors (Lipinski definition) is 4. The van der Waals surface area contributed by atoms with Crippen LogP contribution in [0.3, 0.4) is 0 Å². The molecular weight excluding hydrogens is 313 g/mol. The zero-order chi connectivity index (χ0) is 15.2. The van der Waals surface area contributed by atoms with E-state index in [1.54, 1.807) is 12.1 Å². The first-order valence-electron chi connectivity index (χ1n) is 6.38. The van der Waals surface area contributed by atoms with Gasteiger partial charge < -0.3 is 10.1 Å². The molecule has 0 aliphatic heterocycles. The van der Waals surface area contributed by atoms with Crippen molar-refractivity contribution in [3.63, 3.8) is 0 Å². The van der Waals surface area contributed by atoms with Crippen LogP contribution in [0, 0.1) is 5.82 Å². The molecule has 1 aromatic heterocycles. The first kappa shape index (κ1) is 15.9. The Kier molecular flexibility index (Phi) is 5.73. The Labute approximate surface area is 131 Å². The van der Waals surface area contributed by atoms with Crippen molar-refractivity contribution in [1.29, 1.82) is 0 Å². The smallest absolute Gasteiger partial charge is 0.307 e. The second-order valence-electron chi connectivity index (χ2n) is 4.43. The molecule has 0 aliphatic carbocycles. The minimum atomic E-state index is -0.363. The molecular formula is C15H15ClFNO2S. The molecule has 2 aromatic rings. The van der Waals surface area contributed by atoms with Gasteiger partial charge in [-0.2, -0.15) is 0 Å². The molecule has 112 valence electrons. The molecule has 0 bridgehead atoms. The molecule has 0 aliphatic rings. The van der Waals surface area contributed by atoms with E-state index in [1.165, 1.54) is 24.5 Å². The summed E-state index contributed by atoms with van der Waals surface area (Å²) in [6.07, 6.45) is 0.184. The van der Waals surface area contributed by atoms with Gasteiger partial charge in [0.1, 0.15) is 5.82 Å². The predicted octanol–water partition coefficient (Wildman–Crippen LogP) is 3.93. The van der Waals surface area contributed by atoms with Crippen molar-refractivity contribution in [2.45, 2.75) is 19.0 Å². The van der Waals surface area contributed by atoms with E-state index in [9.17, 15) is 9.18 Å². The molecule has 1 N–H and O–H groups in total. The molecule has 1 aromatic carbocycles. The van der Waals surface area contributed by atoms with Gasteiger partial charge >= 0.3 is 5.97 Å². The van der Waals surface area contributed by atoms with Crippen LogP contribution >= 0.6 is 22.9 Å². The molecule has 0 saturated carbocycles. The van der Waals surface area contributed by atoms with Crippen molar-refractivity contribution in [2.24, 2.45) is 0 Å². The fourth-order valence-corrected chi connectivity index (χ4v) is 2.97. The zero-order valence-corrected chi connectivity index (χ0v) is 13.0. The molecule has 0 fully saturated rings. The molecule has 21 heavy (non-hydrogen) atoms. The number of halogens is 2. The minimum absolute atomic E-state index is 0.184. The topological polar surface area (TPSA) is 38.3 Å². The summed E-state index contributed by atoms with van der Waals surface area (Å²) in [6.45, 7) is 0.241. The summed E-state index contributed by atoms with van der Waals surface area (Å²) in [5.74, 6) is -0.682. The number of ether oxygens (including phenoxy) is 1. The van der Waals surface area contributed by atoms with Gasteiger partial charge in [-0.1, -0.05) is 23.7 Å². The monoisotopic (exact) mass is 327 g/mol. The second-order valence-corrected chi connectivity index (χ2v) is 5.82. The van der Waals surface area contributed by atoms with Gasteiger partial charge in [0, 0.05) is 22.0 Å². The lowest BCUT2D eigenvalue weighted by Gasteiger charge is -2.17. The second kappa shape index (κ2) is 7.54. The van der Waals surface area contributed by atoms with Crippen LogP contribution in [-0.4, -0.2) is 13.1 Å². The van der Waals surface area contributed by atoms with Crippen LogP contribution in [0.4, 0.5) is 4.39 Å². The Morgan fingerprint density at radius 1 is 1.43 bits per heavy atom. The molecule has 1 heterocycles. The van der Waals surface area contributed by atoms with E-state index in [2.05, 4.69) is 5.32 Å². The van der Waals surface area contributed by atoms with Crippen LogP contribution in [0.25, 0.3) is 0 Å². The van der Waals surface area contributed by atoms with Gasteiger partial charge in [0.25, 0.3) is 0 Å². The maximum Gasteiger partial charge on any atom is 0.307 e. The third kappa shape index (κ3) is 4.27. The Balaban J connectivity index is 2.10. The van der Waals surface area contributed by atoms with Crippen molar-refractivity contribution in [2.75, 3.05) is 7.11 Å². The highest BCUT2D eigenvalue weighted by Crippen LogP contribution is 2.25. The number of methoxy groups -OCH3 is 1. The first-order chi connectivity index (χ1) is 10.1. The normalized spacial score (nSPS) is 12.1. The number of thiophene rings is 1. The van der Waals surface area contributed by atoms with Gasteiger partial charge in [-0.15, -0.1) is 11.3 Å². The van der Waals surface area contributed by atoms with E-state index >= 15 is 0 Å². The SMILES string of the molecule is COC(=O)CC(NCc1c(F)cccc1Cl)c1cccs1. The molecule has 1 atom stereocenters. The number of benzene rings is 1. The fourth-order valence-electron chi connectivity index (χ4n) is 1.94. The van der Waals surface area contributed by atoms with Gasteiger partial charge in [-0.05, 0) is 23.6 Å². The van der Waals surface area contributed by atoms with Crippen LogP contribution in [0.15, 0.2) is 35.7 Å². The van der Waals surface area contributed by atoms with Crippen LogP contribution in [0.1, 0.15) is 22.9 Å². The summed E-state index contributed by atoms with van der Waals surface area (Å²) in [4.78, 5) is 12.5. The lowest BCUT2D eigenvalue weighted by Crippen LogP contribution is -2.24. The lowest BCUT2D eigenvalue weighted by atomic mass is 10.1. The summed E-state index contributed by atoms with van der Waals surface area (Å²) < 4.78 is 18.5. The minimum Gasteiger partial charge on any atom is -0.469 e. The van der Waals surface area contributed by atoms with Crippen molar-refractivity contribution in [3.05, 3.63) is 57.0 Å².